The number of benzene rings is 1. The summed E-state index contributed by atoms with van der Waals surface area (Å²) < 4.78 is 14.5. The van der Waals surface area contributed by atoms with Gasteiger partial charge >= 0.3 is 6.09 Å². The highest BCUT2D eigenvalue weighted by molar-refractivity contribution is 7.99. The molecule has 0 unspecified atom stereocenters. The number of halogens is 1. The molecule has 0 radical (unpaired) electrons. The highest BCUT2D eigenvalue weighted by Crippen LogP contribution is 2.38. The fraction of sp³-hybridized carbons (Fsp3) is 0.562. The topological polar surface area (TPSA) is 60.8 Å². The first kappa shape index (κ1) is 17.1. The number of amides is 1. The minimum atomic E-state index is -1.14. The van der Waals surface area contributed by atoms with Crippen molar-refractivity contribution in [1.29, 1.82) is 0 Å². The van der Waals surface area contributed by atoms with Crippen LogP contribution in [0.5, 0.6) is 0 Å². The van der Waals surface area contributed by atoms with Gasteiger partial charge in [-0.1, -0.05) is 19.9 Å². The minimum absolute atomic E-state index is 0.137. The summed E-state index contributed by atoms with van der Waals surface area (Å²) >= 11 is 1.75. The molecular formula is C16H22FNO3S. The van der Waals surface area contributed by atoms with E-state index in [9.17, 15) is 19.4 Å². The molecule has 0 atom stereocenters. The van der Waals surface area contributed by atoms with E-state index in [0.29, 0.717) is 25.1 Å². The zero-order valence-electron chi connectivity index (χ0n) is 12.9. The molecule has 1 aromatic rings. The lowest BCUT2D eigenvalue weighted by atomic mass is 9.87. The van der Waals surface area contributed by atoms with E-state index in [1.54, 1.807) is 17.8 Å². The zero-order chi connectivity index (χ0) is 16.3. The molecule has 1 heterocycles. The maximum absolute atomic E-state index is 14.5. The lowest BCUT2D eigenvalue weighted by Gasteiger charge is -2.33. The predicted molar refractivity (Wildman–Crippen MR) is 87.1 cm³/mol. The molecule has 1 saturated heterocycles. The molecule has 1 aliphatic heterocycles. The first-order valence-electron chi connectivity index (χ1n) is 7.44. The summed E-state index contributed by atoms with van der Waals surface area (Å²) in [5.74, 6) is 1.19. The molecule has 1 fully saturated rings. The van der Waals surface area contributed by atoms with E-state index in [1.807, 2.05) is 13.8 Å². The average molecular weight is 327 g/mol. The third kappa shape index (κ3) is 3.73. The predicted octanol–water partition coefficient (Wildman–Crippen LogP) is 3.68. The van der Waals surface area contributed by atoms with Crippen LogP contribution in [0.25, 0.3) is 0 Å². The Labute approximate surface area is 134 Å². The second-order valence-corrected chi connectivity index (χ2v) is 7.32. The molecule has 0 bridgehead atoms. The van der Waals surface area contributed by atoms with Crippen LogP contribution in [0.2, 0.25) is 0 Å². The number of hydrogen-bond acceptors (Lipinski definition) is 3. The monoisotopic (exact) mass is 327 g/mol. The fourth-order valence-electron chi connectivity index (χ4n) is 2.69. The van der Waals surface area contributed by atoms with Gasteiger partial charge in [0.25, 0.3) is 0 Å². The van der Waals surface area contributed by atoms with Gasteiger partial charge in [0.15, 0.2) is 0 Å². The lowest BCUT2D eigenvalue weighted by molar-refractivity contribution is 0.0246. The van der Waals surface area contributed by atoms with E-state index in [1.165, 1.54) is 12.1 Å². The lowest BCUT2D eigenvalue weighted by Crippen LogP contribution is -2.34. The number of carbonyl (C=O) groups is 1. The van der Waals surface area contributed by atoms with Crippen LogP contribution < -0.4 is 4.90 Å². The molecule has 0 saturated carbocycles. The number of rotatable bonds is 4. The van der Waals surface area contributed by atoms with Crippen LogP contribution >= 0.6 is 11.8 Å². The molecule has 122 valence electrons. The van der Waals surface area contributed by atoms with E-state index in [2.05, 4.69) is 0 Å². The standard InChI is InChI=1S/C16H22FNO3S/c1-11(2)10-18(15(19)20)12-3-4-13(14(17)9-12)16(21)5-7-22-8-6-16/h3-4,9,11,21H,5-8,10H2,1-2H3,(H,19,20). The largest absolute Gasteiger partial charge is 0.465 e. The van der Waals surface area contributed by atoms with Crippen molar-refractivity contribution < 1.29 is 19.4 Å². The maximum atomic E-state index is 14.5. The molecule has 1 aromatic carbocycles. The van der Waals surface area contributed by atoms with Crippen LogP contribution in [-0.4, -0.2) is 34.4 Å². The first-order chi connectivity index (χ1) is 10.3. The van der Waals surface area contributed by atoms with Crippen molar-refractivity contribution in [1.82, 2.24) is 0 Å². The van der Waals surface area contributed by atoms with Gasteiger partial charge in [0.2, 0.25) is 0 Å². The summed E-state index contributed by atoms with van der Waals surface area (Å²) in [7, 11) is 0. The van der Waals surface area contributed by atoms with E-state index in [4.69, 9.17) is 0 Å². The maximum Gasteiger partial charge on any atom is 0.411 e. The zero-order valence-corrected chi connectivity index (χ0v) is 13.7. The van der Waals surface area contributed by atoms with E-state index in [-0.39, 0.29) is 11.5 Å². The highest BCUT2D eigenvalue weighted by Gasteiger charge is 2.34. The molecule has 6 heteroatoms. The smallest absolute Gasteiger partial charge is 0.411 e. The number of carboxylic acid groups (broad SMARTS) is 1. The number of thioether (sulfide) groups is 1. The Hall–Kier alpha value is -1.27. The van der Waals surface area contributed by atoms with Gasteiger partial charge in [-0.2, -0.15) is 11.8 Å². The third-order valence-corrected chi connectivity index (χ3v) is 4.85. The molecule has 4 nitrogen and oxygen atoms in total. The van der Waals surface area contributed by atoms with Gasteiger partial charge in [-0.3, -0.25) is 4.90 Å². The summed E-state index contributed by atoms with van der Waals surface area (Å²) in [5.41, 5.74) is -0.567. The molecule has 0 spiro atoms. The summed E-state index contributed by atoms with van der Waals surface area (Å²) in [4.78, 5) is 12.5. The first-order valence-corrected chi connectivity index (χ1v) is 8.59. The minimum Gasteiger partial charge on any atom is -0.465 e. The fourth-order valence-corrected chi connectivity index (χ4v) is 3.86. The summed E-state index contributed by atoms with van der Waals surface area (Å²) in [6.07, 6.45) is -0.0702. The van der Waals surface area contributed by atoms with Gasteiger partial charge in [0.1, 0.15) is 5.82 Å². The molecule has 2 N–H and O–H groups in total. The van der Waals surface area contributed by atoms with Crippen LogP contribution in [-0.2, 0) is 5.60 Å². The number of anilines is 1. The molecule has 1 aliphatic rings. The van der Waals surface area contributed by atoms with Crippen molar-refractivity contribution in [2.24, 2.45) is 5.92 Å². The van der Waals surface area contributed by atoms with Crippen molar-refractivity contribution in [2.75, 3.05) is 23.0 Å². The van der Waals surface area contributed by atoms with Crippen molar-refractivity contribution in [3.05, 3.63) is 29.6 Å². The Kier molecular flexibility index (Phi) is 5.34. The van der Waals surface area contributed by atoms with Gasteiger partial charge in [0, 0.05) is 17.8 Å². The van der Waals surface area contributed by atoms with Crippen LogP contribution in [0.3, 0.4) is 0 Å². The second-order valence-electron chi connectivity index (χ2n) is 6.10. The van der Waals surface area contributed by atoms with Gasteiger partial charge < -0.3 is 10.2 Å². The van der Waals surface area contributed by atoms with Gasteiger partial charge in [0.05, 0.1) is 5.60 Å². The SMILES string of the molecule is CC(C)CN(C(=O)O)c1ccc(C2(O)CCSCC2)c(F)c1. The van der Waals surface area contributed by atoms with E-state index >= 15 is 0 Å². The van der Waals surface area contributed by atoms with Crippen molar-refractivity contribution in [3.8, 4) is 0 Å². The van der Waals surface area contributed by atoms with Crippen LogP contribution in [0.4, 0.5) is 14.9 Å². The van der Waals surface area contributed by atoms with Crippen LogP contribution in [0, 0.1) is 11.7 Å². The summed E-state index contributed by atoms with van der Waals surface area (Å²) in [5, 5.41) is 19.9. The van der Waals surface area contributed by atoms with Gasteiger partial charge in [-0.25, -0.2) is 9.18 Å². The number of nitrogens with zero attached hydrogens (tertiary/aromatic N) is 1. The number of aliphatic hydroxyl groups is 1. The van der Waals surface area contributed by atoms with Crippen molar-refractivity contribution >= 4 is 23.5 Å². The summed E-state index contributed by atoms with van der Waals surface area (Å²) in [6, 6.07) is 4.32. The Morgan fingerprint density at radius 1 is 1.41 bits per heavy atom. The molecule has 0 aliphatic carbocycles. The average Bonchev–Trinajstić information content (AvgIpc) is 2.44. The van der Waals surface area contributed by atoms with Crippen LogP contribution in [0.15, 0.2) is 18.2 Å². The van der Waals surface area contributed by atoms with Gasteiger partial charge in [-0.05, 0) is 42.4 Å². The Bertz CT molecular complexity index is 544. The molecule has 22 heavy (non-hydrogen) atoms. The van der Waals surface area contributed by atoms with Crippen molar-refractivity contribution in [3.63, 3.8) is 0 Å². The Morgan fingerprint density at radius 2 is 2.05 bits per heavy atom. The normalized spacial score (nSPS) is 17.5. The quantitative estimate of drug-likeness (QED) is 0.885. The highest BCUT2D eigenvalue weighted by atomic mass is 32.2. The third-order valence-electron chi connectivity index (χ3n) is 3.86. The van der Waals surface area contributed by atoms with Crippen LogP contribution in [0.1, 0.15) is 32.3 Å². The Balaban J connectivity index is 2.30. The van der Waals surface area contributed by atoms with E-state index in [0.717, 1.165) is 16.4 Å². The van der Waals surface area contributed by atoms with Gasteiger partial charge in [-0.15, -0.1) is 0 Å². The summed E-state index contributed by atoms with van der Waals surface area (Å²) in [6.45, 7) is 4.11. The number of hydrogen-bond donors (Lipinski definition) is 2. The molecular weight excluding hydrogens is 305 g/mol. The molecule has 2 rings (SSSR count). The van der Waals surface area contributed by atoms with Crippen molar-refractivity contribution in [2.45, 2.75) is 32.3 Å². The van der Waals surface area contributed by atoms with E-state index < -0.39 is 17.5 Å². The molecule has 1 amide bonds. The Morgan fingerprint density at radius 3 is 2.55 bits per heavy atom. The molecule has 0 aromatic heterocycles. The second kappa shape index (κ2) is 6.87.